The van der Waals surface area contributed by atoms with Crippen molar-refractivity contribution >= 4 is 39.2 Å². The van der Waals surface area contributed by atoms with Crippen molar-refractivity contribution in [1.82, 2.24) is 0 Å². The number of hydrogen-bond acceptors (Lipinski definition) is 2. The Hall–Kier alpha value is -0.0200. The molecule has 3 heteroatoms. The maximum atomic E-state index is 7.49. The second-order valence-electron chi connectivity index (χ2n) is 2.70. The molecule has 0 saturated heterocycles. The normalized spacial score (nSPS) is 24.1. The minimum Gasteiger partial charge on any atom is -0.304 e. The first-order chi connectivity index (χ1) is 5.24. The van der Waals surface area contributed by atoms with Gasteiger partial charge in [0.1, 0.15) is 0 Å². The Balaban J connectivity index is 2.53. The van der Waals surface area contributed by atoms with Gasteiger partial charge in [0.2, 0.25) is 0 Å². The van der Waals surface area contributed by atoms with Crippen molar-refractivity contribution in [2.45, 2.75) is 19.3 Å². The number of thiocarbonyl (C=S) groups is 1. The van der Waals surface area contributed by atoms with E-state index in [9.17, 15) is 0 Å². The van der Waals surface area contributed by atoms with Gasteiger partial charge in [-0.05, 0) is 23.7 Å². The second-order valence-corrected chi connectivity index (χ2v) is 3.95. The summed E-state index contributed by atoms with van der Waals surface area (Å²) >= 11 is 8.14. The summed E-state index contributed by atoms with van der Waals surface area (Å²) in [5.74, 6) is 0.369. The lowest BCUT2D eigenvalue weighted by molar-refractivity contribution is 0.616. The Morgan fingerprint density at radius 1 is 1.82 bits per heavy atom. The van der Waals surface area contributed by atoms with Gasteiger partial charge < -0.3 is 5.41 Å². The predicted molar refractivity (Wildman–Crippen MR) is 55.7 cm³/mol. The van der Waals surface area contributed by atoms with Gasteiger partial charge in [0, 0.05) is 17.0 Å². The van der Waals surface area contributed by atoms with Gasteiger partial charge in [-0.1, -0.05) is 34.2 Å². The van der Waals surface area contributed by atoms with E-state index in [1.54, 1.807) is 0 Å². The van der Waals surface area contributed by atoms with E-state index < -0.39 is 0 Å². The lowest BCUT2D eigenvalue weighted by atomic mass is 9.91. The van der Waals surface area contributed by atoms with Gasteiger partial charge in [0.15, 0.2) is 0 Å². The SMILES string of the molecule is N=C(C=S)C1CC=C(Br)CC1. The molecule has 0 aromatic carbocycles. The third kappa shape index (κ3) is 2.49. The molecular weight excluding hydrogens is 222 g/mol. The summed E-state index contributed by atoms with van der Waals surface area (Å²) in [6, 6.07) is 0. The van der Waals surface area contributed by atoms with Crippen molar-refractivity contribution in [2.24, 2.45) is 5.92 Å². The van der Waals surface area contributed by atoms with Gasteiger partial charge in [-0.15, -0.1) is 0 Å². The van der Waals surface area contributed by atoms with Crippen molar-refractivity contribution in [2.75, 3.05) is 0 Å². The van der Waals surface area contributed by atoms with Crippen LogP contribution in [0.1, 0.15) is 19.3 Å². The van der Waals surface area contributed by atoms with Crippen LogP contribution < -0.4 is 0 Å². The third-order valence-corrected chi connectivity index (χ3v) is 2.90. The number of hydrogen-bond donors (Lipinski definition) is 1. The average Bonchev–Trinajstić information content (AvgIpc) is 2.05. The highest BCUT2D eigenvalue weighted by Crippen LogP contribution is 2.27. The molecule has 11 heavy (non-hydrogen) atoms. The third-order valence-electron chi connectivity index (χ3n) is 1.92. The molecule has 0 spiro atoms. The molecule has 0 aliphatic heterocycles. The van der Waals surface area contributed by atoms with E-state index in [4.69, 9.17) is 17.6 Å². The van der Waals surface area contributed by atoms with E-state index in [2.05, 4.69) is 22.0 Å². The van der Waals surface area contributed by atoms with E-state index in [1.807, 2.05) is 0 Å². The smallest absolute Gasteiger partial charge is 0.0455 e. The van der Waals surface area contributed by atoms with E-state index >= 15 is 0 Å². The molecule has 0 aromatic heterocycles. The molecule has 0 amide bonds. The molecule has 0 radical (unpaired) electrons. The first-order valence-electron chi connectivity index (χ1n) is 3.62. The van der Waals surface area contributed by atoms with Crippen molar-refractivity contribution in [3.05, 3.63) is 10.6 Å². The van der Waals surface area contributed by atoms with Crippen molar-refractivity contribution in [3.8, 4) is 0 Å². The van der Waals surface area contributed by atoms with Crippen molar-refractivity contribution < 1.29 is 0 Å². The van der Waals surface area contributed by atoms with Crippen LogP contribution in [0.3, 0.4) is 0 Å². The van der Waals surface area contributed by atoms with Crippen LogP contribution in [0.4, 0.5) is 0 Å². The Morgan fingerprint density at radius 3 is 3.00 bits per heavy atom. The zero-order valence-electron chi connectivity index (χ0n) is 6.14. The molecule has 1 N–H and O–H groups in total. The molecule has 1 atom stereocenters. The molecule has 0 fully saturated rings. The summed E-state index contributed by atoms with van der Waals surface area (Å²) in [5, 5.41) is 8.98. The largest absolute Gasteiger partial charge is 0.304 e. The Morgan fingerprint density at radius 2 is 2.55 bits per heavy atom. The maximum Gasteiger partial charge on any atom is 0.0455 e. The zero-order chi connectivity index (χ0) is 8.27. The predicted octanol–water partition coefficient (Wildman–Crippen LogP) is 3.08. The minimum atomic E-state index is 0.369. The van der Waals surface area contributed by atoms with Gasteiger partial charge in [-0.25, -0.2) is 0 Å². The van der Waals surface area contributed by atoms with Gasteiger partial charge in [0.05, 0.1) is 0 Å². The van der Waals surface area contributed by atoms with Crippen LogP contribution in [0, 0.1) is 11.3 Å². The molecule has 1 rings (SSSR count). The van der Waals surface area contributed by atoms with E-state index in [1.165, 1.54) is 9.85 Å². The summed E-state index contributed by atoms with van der Waals surface area (Å²) in [7, 11) is 0. The summed E-state index contributed by atoms with van der Waals surface area (Å²) in [6.45, 7) is 0. The number of allylic oxidation sites excluding steroid dienone is 2. The van der Waals surface area contributed by atoms with Crippen LogP contribution in [0.15, 0.2) is 10.6 Å². The molecule has 0 heterocycles. The Kier molecular flexibility index (Phi) is 3.40. The van der Waals surface area contributed by atoms with Crippen LogP contribution in [0.25, 0.3) is 0 Å². The first kappa shape index (κ1) is 9.07. The monoisotopic (exact) mass is 231 g/mol. The first-order valence-corrected chi connectivity index (χ1v) is 4.88. The topological polar surface area (TPSA) is 23.9 Å². The molecule has 0 saturated carbocycles. The fraction of sp³-hybridized carbons (Fsp3) is 0.500. The van der Waals surface area contributed by atoms with Gasteiger partial charge in [-0.3, -0.25) is 0 Å². The highest BCUT2D eigenvalue weighted by atomic mass is 79.9. The van der Waals surface area contributed by atoms with Crippen LogP contribution in [0.2, 0.25) is 0 Å². The molecule has 1 aliphatic rings. The standard InChI is InChI=1S/C8H10BrNS/c9-7-3-1-6(2-4-7)8(10)5-11/h3,5-6,10H,1-2,4H2. The van der Waals surface area contributed by atoms with E-state index in [0.717, 1.165) is 19.3 Å². The van der Waals surface area contributed by atoms with E-state index in [-0.39, 0.29) is 0 Å². The summed E-state index contributed by atoms with van der Waals surface area (Å²) < 4.78 is 1.27. The Labute approximate surface area is 80.5 Å². The van der Waals surface area contributed by atoms with Crippen LogP contribution in [-0.2, 0) is 0 Å². The molecule has 0 aromatic rings. The fourth-order valence-corrected chi connectivity index (χ4v) is 1.79. The van der Waals surface area contributed by atoms with Gasteiger partial charge in [0.25, 0.3) is 0 Å². The number of halogens is 1. The van der Waals surface area contributed by atoms with Crippen LogP contribution in [-0.4, -0.2) is 11.1 Å². The number of rotatable bonds is 2. The van der Waals surface area contributed by atoms with Crippen LogP contribution >= 0.6 is 28.1 Å². The molecule has 1 unspecified atom stereocenters. The second kappa shape index (κ2) is 4.12. The summed E-state index contributed by atoms with van der Waals surface area (Å²) in [6.07, 6.45) is 5.22. The quantitative estimate of drug-likeness (QED) is 0.574. The lowest BCUT2D eigenvalue weighted by Crippen LogP contribution is -2.15. The zero-order valence-corrected chi connectivity index (χ0v) is 8.54. The molecule has 1 aliphatic carbocycles. The summed E-state index contributed by atoms with van der Waals surface area (Å²) in [5.41, 5.74) is 0.608. The lowest BCUT2D eigenvalue weighted by Gasteiger charge is -2.17. The molecule has 1 nitrogen and oxygen atoms in total. The average molecular weight is 232 g/mol. The van der Waals surface area contributed by atoms with E-state index in [0.29, 0.717) is 11.6 Å². The number of nitrogens with one attached hydrogen (secondary N) is 1. The maximum absolute atomic E-state index is 7.49. The fourth-order valence-electron chi connectivity index (χ4n) is 1.18. The Bertz CT molecular complexity index is 210. The van der Waals surface area contributed by atoms with Crippen molar-refractivity contribution in [1.29, 1.82) is 5.41 Å². The molecule has 60 valence electrons. The van der Waals surface area contributed by atoms with Gasteiger partial charge in [-0.2, -0.15) is 0 Å². The van der Waals surface area contributed by atoms with Crippen molar-refractivity contribution in [3.63, 3.8) is 0 Å². The molecular formula is C8H10BrNS. The highest BCUT2D eigenvalue weighted by Gasteiger charge is 2.15. The van der Waals surface area contributed by atoms with Crippen LogP contribution in [0.5, 0.6) is 0 Å². The molecule has 0 bridgehead atoms. The highest BCUT2D eigenvalue weighted by molar-refractivity contribution is 9.11. The summed E-state index contributed by atoms with van der Waals surface area (Å²) in [4.78, 5) is 0. The minimum absolute atomic E-state index is 0.369. The van der Waals surface area contributed by atoms with Gasteiger partial charge >= 0.3 is 0 Å².